The van der Waals surface area contributed by atoms with E-state index >= 15 is 0 Å². The predicted octanol–water partition coefficient (Wildman–Crippen LogP) is 1.39. The van der Waals surface area contributed by atoms with Crippen molar-refractivity contribution in [2.24, 2.45) is 23.5 Å². The van der Waals surface area contributed by atoms with E-state index in [-0.39, 0.29) is 0 Å². The Morgan fingerprint density at radius 1 is 0.944 bits per heavy atom. The van der Waals surface area contributed by atoms with Gasteiger partial charge in [0.2, 0.25) is 0 Å². The third-order valence-corrected chi connectivity index (χ3v) is 5.52. The van der Waals surface area contributed by atoms with Crippen LogP contribution in [0.4, 0.5) is 0 Å². The molecule has 0 aromatic rings. The Morgan fingerprint density at radius 2 is 1.72 bits per heavy atom. The number of nitrogens with zero attached hydrogens (tertiary/aromatic N) is 2. The van der Waals surface area contributed by atoms with Crippen molar-refractivity contribution in [3.05, 3.63) is 0 Å². The number of hydrogen-bond donors (Lipinski definition) is 1. The summed E-state index contributed by atoms with van der Waals surface area (Å²) < 4.78 is 0. The Morgan fingerprint density at radius 3 is 2.33 bits per heavy atom. The van der Waals surface area contributed by atoms with Crippen molar-refractivity contribution >= 4 is 0 Å². The fourth-order valence-corrected chi connectivity index (χ4v) is 4.44. The van der Waals surface area contributed by atoms with E-state index in [9.17, 15) is 0 Å². The Kier molecular flexibility index (Phi) is 4.22. The molecule has 2 N–H and O–H groups in total. The molecule has 1 saturated heterocycles. The number of hydrogen-bond acceptors (Lipinski definition) is 3. The highest BCUT2D eigenvalue weighted by Gasteiger charge is 2.40. The normalized spacial score (nSPS) is 37.5. The summed E-state index contributed by atoms with van der Waals surface area (Å²) in [5.74, 6) is 3.23. The molecule has 0 spiro atoms. The van der Waals surface area contributed by atoms with Gasteiger partial charge in [-0.15, -0.1) is 0 Å². The first kappa shape index (κ1) is 12.9. The molecule has 3 heteroatoms. The van der Waals surface area contributed by atoms with Gasteiger partial charge in [0, 0.05) is 32.7 Å². The van der Waals surface area contributed by atoms with E-state index in [0.717, 1.165) is 30.7 Å². The third kappa shape index (κ3) is 2.89. The largest absolute Gasteiger partial charge is 0.330 e. The summed E-state index contributed by atoms with van der Waals surface area (Å²) in [6, 6.07) is 0. The van der Waals surface area contributed by atoms with Gasteiger partial charge in [-0.1, -0.05) is 6.42 Å². The van der Waals surface area contributed by atoms with Crippen LogP contribution in [-0.4, -0.2) is 55.6 Å². The summed E-state index contributed by atoms with van der Waals surface area (Å²) in [7, 11) is 0. The molecule has 3 aliphatic rings. The van der Waals surface area contributed by atoms with Crippen molar-refractivity contribution < 1.29 is 0 Å². The maximum absolute atomic E-state index is 5.58. The van der Waals surface area contributed by atoms with Gasteiger partial charge in [0.1, 0.15) is 0 Å². The predicted molar refractivity (Wildman–Crippen MR) is 75.5 cm³/mol. The topological polar surface area (TPSA) is 32.5 Å². The second kappa shape index (κ2) is 5.89. The average Bonchev–Trinajstić information content (AvgIpc) is 3.00. The van der Waals surface area contributed by atoms with Crippen molar-refractivity contribution in [1.82, 2.24) is 9.80 Å². The minimum atomic E-state index is 0.839. The lowest BCUT2D eigenvalue weighted by Gasteiger charge is -2.37. The van der Waals surface area contributed by atoms with Crippen LogP contribution in [-0.2, 0) is 0 Å². The van der Waals surface area contributed by atoms with E-state index in [1.165, 1.54) is 58.5 Å². The summed E-state index contributed by atoms with van der Waals surface area (Å²) in [5, 5.41) is 0. The van der Waals surface area contributed by atoms with Gasteiger partial charge in [0.25, 0.3) is 0 Å². The second-order valence-electron chi connectivity index (χ2n) is 6.72. The molecular formula is C15H29N3. The van der Waals surface area contributed by atoms with Crippen molar-refractivity contribution in [2.45, 2.75) is 32.1 Å². The van der Waals surface area contributed by atoms with Gasteiger partial charge in [-0.3, -0.25) is 0 Å². The number of rotatable bonds is 5. The Hall–Kier alpha value is -0.120. The quantitative estimate of drug-likeness (QED) is 0.801. The van der Waals surface area contributed by atoms with Crippen LogP contribution >= 0.6 is 0 Å². The fourth-order valence-electron chi connectivity index (χ4n) is 4.44. The molecule has 1 aliphatic heterocycles. The lowest BCUT2D eigenvalue weighted by Crippen LogP contribution is -2.48. The van der Waals surface area contributed by atoms with Crippen LogP contribution in [0.5, 0.6) is 0 Å². The highest BCUT2D eigenvalue weighted by molar-refractivity contribution is 4.91. The van der Waals surface area contributed by atoms with E-state index in [1.54, 1.807) is 6.42 Å². The average molecular weight is 251 g/mol. The van der Waals surface area contributed by atoms with E-state index in [0.29, 0.717) is 0 Å². The van der Waals surface area contributed by atoms with Crippen molar-refractivity contribution in [2.75, 3.05) is 45.8 Å². The van der Waals surface area contributed by atoms with Crippen molar-refractivity contribution in [3.63, 3.8) is 0 Å². The molecule has 2 bridgehead atoms. The smallest absolute Gasteiger partial charge is 0.0110 e. The van der Waals surface area contributed by atoms with Gasteiger partial charge < -0.3 is 15.5 Å². The van der Waals surface area contributed by atoms with E-state index in [2.05, 4.69) is 9.80 Å². The molecule has 3 nitrogen and oxygen atoms in total. The van der Waals surface area contributed by atoms with E-state index < -0.39 is 0 Å². The summed E-state index contributed by atoms with van der Waals surface area (Å²) >= 11 is 0. The van der Waals surface area contributed by atoms with E-state index in [4.69, 9.17) is 5.73 Å². The maximum Gasteiger partial charge on any atom is 0.0110 e. The molecule has 0 aromatic carbocycles. The van der Waals surface area contributed by atoms with Gasteiger partial charge in [-0.2, -0.15) is 0 Å². The molecular weight excluding hydrogens is 222 g/mol. The van der Waals surface area contributed by atoms with Crippen LogP contribution in [0.15, 0.2) is 0 Å². The van der Waals surface area contributed by atoms with Crippen LogP contribution < -0.4 is 5.73 Å². The number of piperazine rings is 1. The standard InChI is InChI=1S/C15H29N3/c16-4-1-5-17-6-8-18(9-7-17)12-15-11-13-2-3-14(15)10-13/h13-15H,1-12,16H2. The molecule has 3 fully saturated rings. The van der Waals surface area contributed by atoms with Crippen LogP contribution in [0, 0.1) is 17.8 Å². The molecule has 0 radical (unpaired) electrons. The molecule has 0 aromatic heterocycles. The third-order valence-electron chi connectivity index (χ3n) is 5.52. The van der Waals surface area contributed by atoms with Crippen molar-refractivity contribution in [3.8, 4) is 0 Å². The van der Waals surface area contributed by atoms with Gasteiger partial charge >= 0.3 is 0 Å². The molecule has 1 heterocycles. The number of fused-ring (bicyclic) bond motifs is 2. The molecule has 3 atom stereocenters. The first-order valence-corrected chi connectivity index (χ1v) is 8.00. The molecule has 104 valence electrons. The van der Waals surface area contributed by atoms with Gasteiger partial charge in [0.15, 0.2) is 0 Å². The van der Waals surface area contributed by atoms with Gasteiger partial charge in [-0.05, 0) is 56.5 Å². The number of nitrogens with two attached hydrogens (primary N) is 1. The van der Waals surface area contributed by atoms with Gasteiger partial charge in [-0.25, -0.2) is 0 Å². The molecule has 3 rings (SSSR count). The zero-order chi connectivity index (χ0) is 12.4. The summed E-state index contributed by atoms with van der Waals surface area (Å²) in [6.45, 7) is 8.55. The molecule has 2 saturated carbocycles. The zero-order valence-corrected chi connectivity index (χ0v) is 11.7. The van der Waals surface area contributed by atoms with Crippen LogP contribution in [0.3, 0.4) is 0 Å². The summed E-state index contributed by atoms with van der Waals surface area (Å²) in [5.41, 5.74) is 5.58. The molecule has 0 amide bonds. The first-order chi connectivity index (χ1) is 8.85. The minimum absolute atomic E-state index is 0.839. The monoisotopic (exact) mass is 251 g/mol. The zero-order valence-electron chi connectivity index (χ0n) is 11.7. The maximum atomic E-state index is 5.58. The van der Waals surface area contributed by atoms with E-state index in [1.807, 2.05) is 0 Å². The minimum Gasteiger partial charge on any atom is -0.330 e. The second-order valence-corrected chi connectivity index (χ2v) is 6.72. The summed E-state index contributed by atoms with van der Waals surface area (Å²) in [6.07, 6.45) is 7.32. The Bertz CT molecular complexity index is 260. The summed E-state index contributed by atoms with van der Waals surface area (Å²) in [4.78, 5) is 5.31. The lowest BCUT2D eigenvalue weighted by molar-refractivity contribution is 0.105. The van der Waals surface area contributed by atoms with Crippen LogP contribution in [0.25, 0.3) is 0 Å². The molecule has 3 unspecified atom stereocenters. The molecule has 2 aliphatic carbocycles. The SMILES string of the molecule is NCCCN1CCN(CC2CC3CCC2C3)CC1. The van der Waals surface area contributed by atoms with Crippen LogP contribution in [0.2, 0.25) is 0 Å². The fraction of sp³-hybridized carbons (Fsp3) is 1.00. The molecule has 18 heavy (non-hydrogen) atoms. The van der Waals surface area contributed by atoms with Gasteiger partial charge in [0.05, 0.1) is 0 Å². The Balaban J connectivity index is 1.38. The van der Waals surface area contributed by atoms with Crippen LogP contribution in [0.1, 0.15) is 32.1 Å². The Labute approximate surface area is 112 Å². The highest BCUT2D eigenvalue weighted by atomic mass is 15.3. The highest BCUT2D eigenvalue weighted by Crippen LogP contribution is 2.48. The first-order valence-electron chi connectivity index (χ1n) is 8.00. The lowest BCUT2D eigenvalue weighted by atomic mass is 9.88. The van der Waals surface area contributed by atoms with Crippen molar-refractivity contribution in [1.29, 1.82) is 0 Å².